The van der Waals surface area contributed by atoms with Crippen molar-refractivity contribution in [1.82, 2.24) is 0 Å². The number of methoxy groups -OCH3 is 1. The van der Waals surface area contributed by atoms with Crippen LogP contribution < -0.4 is 4.74 Å². The molecule has 0 atom stereocenters. The van der Waals surface area contributed by atoms with E-state index in [1.165, 1.54) is 79.9 Å². The highest BCUT2D eigenvalue weighted by Crippen LogP contribution is 2.43. The molecule has 0 saturated heterocycles. The van der Waals surface area contributed by atoms with Gasteiger partial charge < -0.3 is 14.9 Å². The molecule has 0 saturated carbocycles. The standard InChI is InChI=1S/C29H22N6O9S2/c1-44-26-16-21(33-31-19-4-10-23(11-5-19)45(38,39)40)7-13-25(26)34-35-28-27(46(41,42)43)15-17-14-20(6-12-24(17)29(28)37)32-30-18-2-8-22(36)9-3-18/h2-16,36-37H,1H3,(H,38,39,40)(H,41,42,43). The van der Waals surface area contributed by atoms with Gasteiger partial charge in [0.25, 0.3) is 20.2 Å². The summed E-state index contributed by atoms with van der Waals surface area (Å²) in [5.74, 6) is -0.353. The van der Waals surface area contributed by atoms with Crippen LogP contribution in [0.3, 0.4) is 0 Å². The maximum Gasteiger partial charge on any atom is 0.296 e. The van der Waals surface area contributed by atoms with E-state index in [4.69, 9.17) is 9.29 Å². The Morgan fingerprint density at radius 1 is 0.587 bits per heavy atom. The van der Waals surface area contributed by atoms with Crippen LogP contribution in [-0.2, 0) is 20.2 Å². The molecule has 0 aliphatic rings. The second kappa shape index (κ2) is 12.8. The van der Waals surface area contributed by atoms with E-state index in [1.807, 2.05) is 0 Å². The molecule has 0 amide bonds. The molecular weight excluding hydrogens is 640 g/mol. The normalized spacial score (nSPS) is 12.5. The number of benzene rings is 5. The Labute approximate surface area is 261 Å². The number of phenolic OH excluding ortho intramolecular Hbond substituents is 2. The van der Waals surface area contributed by atoms with Crippen molar-refractivity contribution in [2.24, 2.45) is 30.7 Å². The first-order chi connectivity index (χ1) is 21.8. The SMILES string of the molecule is COc1cc(N=Nc2ccc(S(=O)(=O)O)cc2)ccc1N=Nc1c(S(=O)(=O)O)cc2cc(N=Nc3ccc(O)cc3)ccc2c1O. The smallest absolute Gasteiger partial charge is 0.296 e. The van der Waals surface area contributed by atoms with E-state index >= 15 is 0 Å². The Kier molecular flexibility index (Phi) is 8.83. The number of nitrogens with zero attached hydrogens (tertiary/aromatic N) is 6. The fourth-order valence-electron chi connectivity index (χ4n) is 4.04. The Morgan fingerprint density at radius 2 is 1.13 bits per heavy atom. The number of ether oxygens (including phenoxy) is 1. The summed E-state index contributed by atoms with van der Waals surface area (Å²) in [5, 5.41) is 45.0. The summed E-state index contributed by atoms with van der Waals surface area (Å²) in [6, 6.07) is 20.9. The molecule has 0 aliphatic carbocycles. The number of phenols is 2. The third kappa shape index (κ3) is 7.36. The summed E-state index contributed by atoms with van der Waals surface area (Å²) in [7, 11) is -7.89. The van der Waals surface area contributed by atoms with Crippen molar-refractivity contribution in [3.63, 3.8) is 0 Å². The molecule has 0 bridgehead atoms. The van der Waals surface area contributed by atoms with Gasteiger partial charge in [0.05, 0.1) is 34.8 Å². The zero-order chi connectivity index (χ0) is 33.1. The van der Waals surface area contributed by atoms with Gasteiger partial charge in [0.1, 0.15) is 27.8 Å². The minimum absolute atomic E-state index is 0.0644. The first kappa shape index (κ1) is 31.8. The van der Waals surface area contributed by atoms with Crippen LogP contribution in [0.5, 0.6) is 17.2 Å². The summed E-state index contributed by atoms with van der Waals surface area (Å²) in [6.45, 7) is 0. The molecule has 4 N–H and O–H groups in total. The lowest BCUT2D eigenvalue weighted by Crippen LogP contribution is -1.99. The lowest BCUT2D eigenvalue weighted by molar-refractivity contribution is 0.416. The van der Waals surface area contributed by atoms with Crippen LogP contribution in [0.2, 0.25) is 0 Å². The zero-order valence-electron chi connectivity index (χ0n) is 23.5. The minimum atomic E-state index is -4.89. The van der Waals surface area contributed by atoms with Crippen molar-refractivity contribution in [1.29, 1.82) is 0 Å². The summed E-state index contributed by atoms with van der Waals surface area (Å²) in [6.07, 6.45) is 0. The van der Waals surface area contributed by atoms with E-state index in [0.29, 0.717) is 22.7 Å². The first-order valence-corrected chi connectivity index (χ1v) is 15.8. The molecule has 15 nitrogen and oxygen atoms in total. The third-order valence-electron chi connectivity index (χ3n) is 6.28. The van der Waals surface area contributed by atoms with Crippen LogP contribution in [0.1, 0.15) is 0 Å². The van der Waals surface area contributed by atoms with Gasteiger partial charge in [0, 0.05) is 11.5 Å². The average molecular weight is 663 g/mol. The van der Waals surface area contributed by atoms with Gasteiger partial charge in [-0.1, -0.05) is 0 Å². The van der Waals surface area contributed by atoms with Crippen LogP contribution in [0.25, 0.3) is 10.8 Å². The molecule has 0 spiro atoms. The van der Waals surface area contributed by atoms with Crippen molar-refractivity contribution in [3.05, 3.63) is 91.0 Å². The molecule has 0 radical (unpaired) electrons. The van der Waals surface area contributed by atoms with E-state index in [0.717, 1.165) is 6.07 Å². The topological polar surface area (TPSA) is 233 Å². The van der Waals surface area contributed by atoms with Crippen molar-refractivity contribution in [2.45, 2.75) is 9.79 Å². The van der Waals surface area contributed by atoms with Gasteiger partial charge in [-0.2, -0.15) is 37.3 Å². The molecule has 5 rings (SSSR count). The van der Waals surface area contributed by atoms with Crippen LogP contribution in [0, 0.1) is 0 Å². The molecule has 0 heterocycles. The highest BCUT2D eigenvalue weighted by molar-refractivity contribution is 7.86. The zero-order valence-corrected chi connectivity index (χ0v) is 25.1. The number of hydrogen-bond acceptors (Lipinski definition) is 13. The van der Waals surface area contributed by atoms with Crippen LogP contribution in [-0.4, -0.2) is 43.3 Å². The summed E-state index contributed by atoms with van der Waals surface area (Å²) < 4.78 is 71.4. The Bertz CT molecular complexity index is 2260. The highest BCUT2D eigenvalue weighted by Gasteiger charge is 2.22. The molecule has 5 aromatic carbocycles. The molecule has 0 fully saturated rings. The first-order valence-electron chi connectivity index (χ1n) is 12.9. The van der Waals surface area contributed by atoms with Gasteiger partial charge in [0.15, 0.2) is 5.75 Å². The van der Waals surface area contributed by atoms with Gasteiger partial charge in [-0.05, 0) is 90.3 Å². The average Bonchev–Trinajstić information content (AvgIpc) is 3.02. The van der Waals surface area contributed by atoms with Crippen molar-refractivity contribution < 1.29 is 40.9 Å². The maximum atomic E-state index is 12.3. The Balaban J connectivity index is 1.45. The predicted molar refractivity (Wildman–Crippen MR) is 165 cm³/mol. The quantitative estimate of drug-likeness (QED) is 0.0882. The van der Waals surface area contributed by atoms with E-state index in [9.17, 15) is 31.6 Å². The number of azo groups is 3. The highest BCUT2D eigenvalue weighted by atomic mass is 32.2. The lowest BCUT2D eigenvalue weighted by Gasteiger charge is -2.09. The Hall–Kier alpha value is -5.62. The van der Waals surface area contributed by atoms with Crippen LogP contribution in [0.4, 0.5) is 34.1 Å². The summed E-state index contributed by atoms with van der Waals surface area (Å²) >= 11 is 0. The Morgan fingerprint density at radius 3 is 1.72 bits per heavy atom. The van der Waals surface area contributed by atoms with E-state index < -0.39 is 36.6 Å². The van der Waals surface area contributed by atoms with Crippen LogP contribution >= 0.6 is 0 Å². The minimum Gasteiger partial charge on any atom is -0.508 e. The fraction of sp³-hybridized carbons (Fsp3) is 0.0345. The van der Waals surface area contributed by atoms with Crippen molar-refractivity contribution >= 4 is 65.1 Å². The van der Waals surface area contributed by atoms with Crippen molar-refractivity contribution in [2.75, 3.05) is 7.11 Å². The number of rotatable bonds is 9. The van der Waals surface area contributed by atoms with E-state index in [-0.39, 0.29) is 32.9 Å². The predicted octanol–water partition coefficient (Wildman–Crippen LogP) is 8.00. The third-order valence-corrected chi connectivity index (χ3v) is 8.01. The fourth-order valence-corrected chi connectivity index (χ4v) is 5.18. The molecular formula is C29H22N6O9S2. The second-order valence-electron chi connectivity index (χ2n) is 9.39. The molecule has 0 aliphatic heterocycles. The monoisotopic (exact) mass is 662 g/mol. The van der Waals surface area contributed by atoms with Gasteiger partial charge >= 0.3 is 0 Å². The van der Waals surface area contributed by atoms with Crippen LogP contribution in [0.15, 0.2) is 131 Å². The second-order valence-corrected chi connectivity index (χ2v) is 12.2. The largest absolute Gasteiger partial charge is 0.508 e. The van der Waals surface area contributed by atoms with Gasteiger partial charge in [-0.3, -0.25) is 9.11 Å². The van der Waals surface area contributed by atoms with Crippen molar-refractivity contribution in [3.8, 4) is 17.2 Å². The molecule has 234 valence electrons. The molecule has 5 aromatic rings. The lowest BCUT2D eigenvalue weighted by atomic mass is 10.1. The van der Waals surface area contributed by atoms with Gasteiger partial charge in [0.2, 0.25) is 0 Å². The molecule has 46 heavy (non-hydrogen) atoms. The van der Waals surface area contributed by atoms with Gasteiger partial charge in [-0.25, -0.2) is 0 Å². The van der Waals surface area contributed by atoms with E-state index in [1.54, 1.807) is 12.1 Å². The summed E-state index contributed by atoms with van der Waals surface area (Å²) in [5.41, 5.74) is 0.965. The molecule has 0 aromatic heterocycles. The number of fused-ring (bicyclic) bond motifs is 1. The number of aromatic hydroxyl groups is 2. The van der Waals surface area contributed by atoms with Gasteiger partial charge in [-0.15, -0.1) is 10.2 Å². The molecule has 0 unspecified atom stereocenters. The summed E-state index contributed by atoms with van der Waals surface area (Å²) in [4.78, 5) is -1.01. The molecule has 17 heteroatoms. The maximum absolute atomic E-state index is 12.3. The van der Waals surface area contributed by atoms with E-state index in [2.05, 4.69) is 30.7 Å². The number of hydrogen-bond donors (Lipinski definition) is 4.